The SMILES string of the molecule is CCc1cccc(CC)c1N(C(=O)[C@H](C)[C@H]1NC(=O)[C@@H]1[C@@H](C)O[Si](C)(C)C(C)(C)C)S(=O)(=O)c1ccc(C)cc1. The third-order valence-electron chi connectivity index (χ3n) is 8.65. The van der Waals surface area contributed by atoms with E-state index in [0.717, 1.165) is 21.0 Å². The molecule has 2 aromatic carbocycles. The van der Waals surface area contributed by atoms with Gasteiger partial charge in [-0.3, -0.25) is 9.59 Å². The van der Waals surface area contributed by atoms with E-state index in [2.05, 4.69) is 39.2 Å². The molecule has 3 rings (SSSR count). The monoisotopic (exact) mass is 586 g/mol. The van der Waals surface area contributed by atoms with Crippen LogP contribution in [0.1, 0.15) is 65.2 Å². The van der Waals surface area contributed by atoms with Crippen molar-refractivity contribution in [2.75, 3.05) is 4.31 Å². The average molecular weight is 587 g/mol. The molecule has 0 aromatic heterocycles. The van der Waals surface area contributed by atoms with Crippen molar-refractivity contribution in [2.45, 2.75) is 103 Å². The molecule has 1 N–H and O–H groups in total. The molecule has 1 aliphatic heterocycles. The third kappa shape index (κ3) is 6.06. The lowest BCUT2D eigenvalue weighted by molar-refractivity contribution is -0.144. The van der Waals surface area contributed by atoms with E-state index in [0.29, 0.717) is 18.5 Å². The number of anilines is 1. The van der Waals surface area contributed by atoms with Crippen molar-refractivity contribution in [3.05, 3.63) is 59.2 Å². The van der Waals surface area contributed by atoms with Gasteiger partial charge in [0.2, 0.25) is 11.8 Å². The Hall–Kier alpha value is -2.49. The highest BCUT2D eigenvalue weighted by molar-refractivity contribution is 7.93. The van der Waals surface area contributed by atoms with Gasteiger partial charge in [0, 0.05) is 0 Å². The van der Waals surface area contributed by atoms with Crippen molar-refractivity contribution in [1.29, 1.82) is 0 Å². The van der Waals surface area contributed by atoms with Crippen molar-refractivity contribution in [2.24, 2.45) is 11.8 Å². The number of sulfonamides is 1. The Morgan fingerprint density at radius 2 is 1.55 bits per heavy atom. The molecule has 0 bridgehead atoms. The van der Waals surface area contributed by atoms with E-state index in [1.54, 1.807) is 31.2 Å². The van der Waals surface area contributed by atoms with Crippen LogP contribution in [-0.4, -0.2) is 40.7 Å². The van der Waals surface area contributed by atoms with Crippen molar-refractivity contribution >= 4 is 35.8 Å². The summed E-state index contributed by atoms with van der Waals surface area (Å²) < 4.78 is 36.0. The normalized spacial score (nSPS) is 19.4. The molecule has 0 aliphatic carbocycles. The van der Waals surface area contributed by atoms with Crippen LogP contribution >= 0.6 is 0 Å². The van der Waals surface area contributed by atoms with Crippen LogP contribution in [0.15, 0.2) is 47.4 Å². The van der Waals surface area contributed by atoms with Crippen LogP contribution in [0.5, 0.6) is 0 Å². The highest BCUT2D eigenvalue weighted by atomic mass is 32.2. The van der Waals surface area contributed by atoms with Crippen molar-refractivity contribution < 1.29 is 22.4 Å². The maximum atomic E-state index is 14.4. The molecule has 0 saturated carbocycles. The van der Waals surface area contributed by atoms with Gasteiger partial charge in [-0.1, -0.05) is 77.4 Å². The van der Waals surface area contributed by atoms with Gasteiger partial charge in [-0.2, -0.15) is 0 Å². The average Bonchev–Trinajstić information content (AvgIpc) is 2.85. The molecule has 0 radical (unpaired) electrons. The fraction of sp³-hybridized carbons (Fsp3) is 0.548. The number of rotatable bonds is 10. The van der Waals surface area contributed by atoms with E-state index in [1.165, 1.54) is 0 Å². The van der Waals surface area contributed by atoms with Crippen LogP contribution in [-0.2, 0) is 36.9 Å². The van der Waals surface area contributed by atoms with Gasteiger partial charge in [-0.05, 0) is 68.1 Å². The zero-order valence-electron chi connectivity index (χ0n) is 25.7. The Kier molecular flexibility index (Phi) is 9.43. The molecule has 1 saturated heterocycles. The topological polar surface area (TPSA) is 92.8 Å². The van der Waals surface area contributed by atoms with E-state index in [4.69, 9.17) is 4.43 Å². The van der Waals surface area contributed by atoms with Crippen LogP contribution < -0.4 is 9.62 Å². The number of aryl methyl sites for hydroxylation is 3. The number of carbonyl (C=O) groups excluding carboxylic acids is 2. The van der Waals surface area contributed by atoms with Crippen LogP contribution in [0, 0.1) is 18.8 Å². The molecule has 1 heterocycles. The zero-order chi connectivity index (χ0) is 30.2. The third-order valence-corrected chi connectivity index (χ3v) is 14.9. The molecule has 4 atom stereocenters. The van der Waals surface area contributed by atoms with E-state index in [1.807, 2.05) is 45.9 Å². The molecule has 0 spiro atoms. The standard InChI is InChI=1S/C31H46N2O5SSi/c1-11-23-14-13-15-24(12-2)28(23)33(39(36,37)25-18-16-20(3)17-19-25)30(35)21(4)27-26(29(34)32-27)22(5)38-40(9,10)31(6,7)8/h13-19,21-22,26-27H,11-12H2,1-10H3,(H,32,34)/t21-,22-,26-,27-/m1/s1. The van der Waals surface area contributed by atoms with Gasteiger partial charge < -0.3 is 9.74 Å². The quantitative estimate of drug-likeness (QED) is 0.272. The zero-order valence-corrected chi connectivity index (χ0v) is 27.5. The Morgan fingerprint density at radius 1 is 1.02 bits per heavy atom. The van der Waals surface area contributed by atoms with Crippen molar-refractivity contribution in [3.8, 4) is 0 Å². The minimum absolute atomic E-state index is 0.0439. The van der Waals surface area contributed by atoms with Gasteiger partial charge in [-0.15, -0.1) is 0 Å². The van der Waals surface area contributed by atoms with E-state index < -0.39 is 48.2 Å². The lowest BCUT2D eigenvalue weighted by Crippen LogP contribution is -2.67. The summed E-state index contributed by atoms with van der Waals surface area (Å²) >= 11 is 0. The van der Waals surface area contributed by atoms with E-state index in [9.17, 15) is 18.0 Å². The number of para-hydroxylation sites is 1. The number of nitrogens with one attached hydrogen (secondary N) is 1. The first-order valence-corrected chi connectivity index (χ1v) is 18.6. The maximum Gasteiger partial charge on any atom is 0.270 e. The summed E-state index contributed by atoms with van der Waals surface area (Å²) in [7, 11) is -6.43. The summed E-state index contributed by atoms with van der Waals surface area (Å²) in [5, 5.41) is 2.85. The number of benzene rings is 2. The van der Waals surface area contributed by atoms with Crippen LogP contribution in [0.25, 0.3) is 0 Å². The first kappa shape index (κ1) is 32.0. The highest BCUT2D eigenvalue weighted by Crippen LogP contribution is 2.40. The molecule has 9 heteroatoms. The van der Waals surface area contributed by atoms with Crippen LogP contribution in [0.2, 0.25) is 18.1 Å². The molecule has 7 nitrogen and oxygen atoms in total. The maximum absolute atomic E-state index is 14.4. The summed E-state index contributed by atoms with van der Waals surface area (Å²) in [6, 6.07) is 11.6. The van der Waals surface area contributed by atoms with Crippen LogP contribution in [0.4, 0.5) is 5.69 Å². The molecule has 2 amide bonds. The van der Waals surface area contributed by atoms with Gasteiger partial charge in [0.15, 0.2) is 8.32 Å². The summed E-state index contributed by atoms with van der Waals surface area (Å²) in [4.78, 5) is 27.3. The van der Waals surface area contributed by atoms with Gasteiger partial charge in [-0.25, -0.2) is 12.7 Å². The summed E-state index contributed by atoms with van der Waals surface area (Å²) in [6.45, 7) is 20.1. The Morgan fingerprint density at radius 3 is 2.00 bits per heavy atom. The van der Waals surface area contributed by atoms with E-state index >= 15 is 0 Å². The number of nitrogens with zero attached hydrogens (tertiary/aromatic N) is 1. The molecular weight excluding hydrogens is 541 g/mol. The second kappa shape index (κ2) is 11.8. The fourth-order valence-corrected chi connectivity index (χ4v) is 8.05. The molecule has 1 fully saturated rings. The molecular formula is C31H46N2O5SSi. The number of hydrogen-bond acceptors (Lipinski definition) is 5. The van der Waals surface area contributed by atoms with Crippen molar-refractivity contribution in [3.63, 3.8) is 0 Å². The number of hydrogen-bond donors (Lipinski definition) is 1. The Labute approximate surface area is 241 Å². The molecule has 1 aliphatic rings. The van der Waals surface area contributed by atoms with Gasteiger partial charge >= 0.3 is 0 Å². The number of amides is 2. The van der Waals surface area contributed by atoms with Gasteiger partial charge in [0.1, 0.15) is 0 Å². The predicted octanol–water partition coefficient (Wildman–Crippen LogP) is 6.00. The number of β-lactam (4-membered cyclic amide) rings is 1. The first-order chi connectivity index (χ1) is 18.5. The lowest BCUT2D eigenvalue weighted by atomic mass is 9.78. The largest absolute Gasteiger partial charge is 0.413 e. The van der Waals surface area contributed by atoms with E-state index in [-0.39, 0.29) is 15.8 Å². The summed E-state index contributed by atoms with van der Waals surface area (Å²) in [6.07, 6.45) is 0.710. The minimum Gasteiger partial charge on any atom is -0.413 e. The fourth-order valence-electron chi connectivity index (χ4n) is 5.05. The summed E-state index contributed by atoms with van der Waals surface area (Å²) in [5.74, 6) is -2.09. The minimum atomic E-state index is -4.25. The predicted molar refractivity (Wildman–Crippen MR) is 163 cm³/mol. The second-order valence-corrected chi connectivity index (χ2v) is 19.0. The second-order valence-electron chi connectivity index (χ2n) is 12.5. The Balaban J connectivity index is 2.08. The molecule has 40 heavy (non-hydrogen) atoms. The molecule has 220 valence electrons. The van der Waals surface area contributed by atoms with Crippen LogP contribution in [0.3, 0.4) is 0 Å². The molecule has 2 aromatic rings. The first-order valence-electron chi connectivity index (χ1n) is 14.2. The van der Waals surface area contributed by atoms with Gasteiger partial charge in [0.05, 0.1) is 34.6 Å². The smallest absolute Gasteiger partial charge is 0.270 e. The Bertz CT molecular complexity index is 1330. The summed E-state index contributed by atoms with van der Waals surface area (Å²) in [5.41, 5.74) is 2.89. The molecule has 0 unspecified atom stereocenters. The lowest BCUT2D eigenvalue weighted by Gasteiger charge is -2.47. The highest BCUT2D eigenvalue weighted by Gasteiger charge is 2.52. The van der Waals surface area contributed by atoms with Gasteiger partial charge in [0.25, 0.3) is 10.0 Å². The van der Waals surface area contributed by atoms with Crippen molar-refractivity contribution in [1.82, 2.24) is 5.32 Å². The number of carbonyl (C=O) groups is 2.